The Morgan fingerprint density at radius 3 is 2.60 bits per heavy atom. The molecule has 0 radical (unpaired) electrons. The molecule has 1 aromatic heterocycles. The number of carbonyl (C=O) groups excluding carboxylic acids is 1. The summed E-state index contributed by atoms with van der Waals surface area (Å²) in [4.78, 5) is 12.4. The topological polar surface area (TPSA) is 82.8 Å². The normalized spacial score (nSPS) is 11.9. The molecule has 7 nitrogen and oxygen atoms in total. The quantitative estimate of drug-likeness (QED) is 0.739. The highest BCUT2D eigenvalue weighted by Crippen LogP contribution is 2.30. The molecule has 0 saturated carbocycles. The van der Waals surface area contributed by atoms with Crippen molar-refractivity contribution < 1.29 is 23.5 Å². The van der Waals surface area contributed by atoms with E-state index in [0.717, 1.165) is 5.56 Å². The Labute approximate surface area is 147 Å². The van der Waals surface area contributed by atoms with E-state index in [1.165, 1.54) is 0 Å². The molecule has 0 fully saturated rings. The van der Waals surface area contributed by atoms with E-state index in [4.69, 9.17) is 18.7 Å². The molecule has 1 atom stereocenters. The third-order valence-electron chi connectivity index (χ3n) is 3.84. The Morgan fingerprint density at radius 2 is 2.00 bits per heavy atom. The summed E-state index contributed by atoms with van der Waals surface area (Å²) in [6, 6.07) is 5.34. The minimum absolute atomic E-state index is 0.219. The second-order valence-corrected chi connectivity index (χ2v) is 5.65. The van der Waals surface area contributed by atoms with Crippen LogP contribution in [-0.4, -0.2) is 38.5 Å². The van der Waals surface area contributed by atoms with E-state index in [1.54, 1.807) is 28.1 Å². The average molecular weight is 348 g/mol. The van der Waals surface area contributed by atoms with Crippen molar-refractivity contribution >= 4 is 5.91 Å². The number of nitrogens with one attached hydrogen (secondary N) is 1. The first-order valence-corrected chi connectivity index (χ1v) is 8.01. The van der Waals surface area contributed by atoms with Gasteiger partial charge in [0, 0.05) is 7.11 Å². The lowest BCUT2D eigenvalue weighted by Gasteiger charge is -2.17. The van der Waals surface area contributed by atoms with Crippen molar-refractivity contribution in [2.24, 2.45) is 0 Å². The van der Waals surface area contributed by atoms with Crippen LogP contribution < -0.4 is 14.8 Å². The average Bonchev–Trinajstić information content (AvgIpc) is 2.93. The molecule has 0 bridgehead atoms. The van der Waals surface area contributed by atoms with Gasteiger partial charge in [0.2, 0.25) is 0 Å². The Hall–Kier alpha value is -2.54. The van der Waals surface area contributed by atoms with Gasteiger partial charge in [0.25, 0.3) is 5.91 Å². The number of benzene rings is 1. The van der Waals surface area contributed by atoms with Crippen molar-refractivity contribution in [1.82, 2.24) is 10.5 Å². The van der Waals surface area contributed by atoms with Gasteiger partial charge in [-0.05, 0) is 38.5 Å². The predicted molar refractivity (Wildman–Crippen MR) is 92.2 cm³/mol. The molecular weight excluding hydrogens is 324 g/mol. The summed E-state index contributed by atoms with van der Waals surface area (Å²) in [5, 5.41) is 6.76. The van der Waals surface area contributed by atoms with Gasteiger partial charge in [0.05, 0.1) is 25.5 Å². The van der Waals surface area contributed by atoms with Crippen molar-refractivity contribution in [2.75, 3.05) is 27.4 Å². The molecule has 136 valence electrons. The SMILES string of the molecule is COCCOc1ccc(C(C)NC(=O)c2c(C)noc2C)cc1OC. The lowest BCUT2D eigenvalue weighted by Crippen LogP contribution is -2.27. The Balaban J connectivity index is 2.11. The molecule has 1 unspecified atom stereocenters. The predicted octanol–water partition coefficient (Wildman–Crippen LogP) is 2.82. The van der Waals surface area contributed by atoms with Gasteiger partial charge < -0.3 is 24.1 Å². The van der Waals surface area contributed by atoms with Gasteiger partial charge in [-0.25, -0.2) is 0 Å². The highest BCUT2D eigenvalue weighted by molar-refractivity contribution is 5.96. The second-order valence-electron chi connectivity index (χ2n) is 5.65. The first-order chi connectivity index (χ1) is 12.0. The fourth-order valence-electron chi connectivity index (χ4n) is 2.47. The largest absolute Gasteiger partial charge is 0.493 e. The molecule has 7 heteroatoms. The van der Waals surface area contributed by atoms with Gasteiger partial charge in [-0.1, -0.05) is 11.2 Å². The second kappa shape index (κ2) is 8.53. The van der Waals surface area contributed by atoms with Crippen molar-refractivity contribution in [1.29, 1.82) is 0 Å². The molecule has 1 aromatic carbocycles. The number of aryl methyl sites for hydroxylation is 2. The van der Waals surface area contributed by atoms with Gasteiger partial charge in [0.15, 0.2) is 11.5 Å². The number of carbonyl (C=O) groups is 1. The minimum Gasteiger partial charge on any atom is -0.493 e. The molecular formula is C18H24N2O5. The molecule has 1 amide bonds. The first kappa shape index (κ1) is 18.8. The number of ether oxygens (including phenoxy) is 3. The van der Waals surface area contributed by atoms with Crippen LogP contribution in [0.1, 0.15) is 40.3 Å². The molecule has 2 aromatic rings. The van der Waals surface area contributed by atoms with Crippen molar-refractivity contribution in [3.8, 4) is 11.5 Å². The number of nitrogens with zero attached hydrogens (tertiary/aromatic N) is 1. The molecule has 1 N–H and O–H groups in total. The van der Waals surface area contributed by atoms with Crippen LogP contribution in [0.15, 0.2) is 22.7 Å². The summed E-state index contributed by atoms with van der Waals surface area (Å²) in [6.07, 6.45) is 0. The molecule has 1 heterocycles. The van der Waals surface area contributed by atoms with Crippen LogP contribution in [-0.2, 0) is 4.74 Å². The first-order valence-electron chi connectivity index (χ1n) is 8.01. The summed E-state index contributed by atoms with van der Waals surface area (Å²) in [6.45, 7) is 6.29. The van der Waals surface area contributed by atoms with Gasteiger partial charge >= 0.3 is 0 Å². The van der Waals surface area contributed by atoms with Gasteiger partial charge in [-0.2, -0.15) is 0 Å². The third-order valence-corrected chi connectivity index (χ3v) is 3.84. The van der Waals surface area contributed by atoms with Crippen LogP contribution in [0.2, 0.25) is 0 Å². The van der Waals surface area contributed by atoms with Gasteiger partial charge in [0.1, 0.15) is 17.9 Å². The van der Waals surface area contributed by atoms with E-state index in [-0.39, 0.29) is 11.9 Å². The Kier molecular flexibility index (Phi) is 6.41. The number of hydrogen-bond donors (Lipinski definition) is 1. The van der Waals surface area contributed by atoms with E-state index in [1.807, 2.05) is 25.1 Å². The molecule has 0 aliphatic rings. The van der Waals surface area contributed by atoms with Gasteiger partial charge in [-0.15, -0.1) is 0 Å². The van der Waals surface area contributed by atoms with E-state index in [2.05, 4.69) is 10.5 Å². The number of hydrogen-bond acceptors (Lipinski definition) is 6. The van der Waals surface area contributed by atoms with Crippen molar-refractivity contribution in [3.63, 3.8) is 0 Å². The van der Waals surface area contributed by atoms with E-state index >= 15 is 0 Å². The van der Waals surface area contributed by atoms with Crippen LogP contribution >= 0.6 is 0 Å². The third kappa shape index (κ3) is 4.51. The maximum Gasteiger partial charge on any atom is 0.257 e. The fraction of sp³-hybridized carbons (Fsp3) is 0.444. The standard InChI is InChI=1S/C18H24N2O5/c1-11(19-18(21)17-12(2)20-25-13(17)3)14-6-7-15(16(10-14)23-5)24-9-8-22-4/h6-7,10-11H,8-9H2,1-5H3,(H,19,21). The lowest BCUT2D eigenvalue weighted by molar-refractivity contribution is 0.0937. The Bertz CT molecular complexity index is 707. The molecule has 0 spiro atoms. The zero-order chi connectivity index (χ0) is 18.4. The van der Waals surface area contributed by atoms with Crippen molar-refractivity contribution in [2.45, 2.75) is 26.8 Å². The summed E-state index contributed by atoms with van der Waals surface area (Å²) in [7, 11) is 3.20. The lowest BCUT2D eigenvalue weighted by atomic mass is 10.1. The fourth-order valence-corrected chi connectivity index (χ4v) is 2.47. The molecule has 0 aliphatic heterocycles. The van der Waals surface area contributed by atoms with Crippen LogP contribution in [0.4, 0.5) is 0 Å². The number of aromatic nitrogens is 1. The van der Waals surface area contributed by atoms with Crippen molar-refractivity contribution in [3.05, 3.63) is 40.8 Å². The van der Waals surface area contributed by atoms with E-state index in [9.17, 15) is 4.79 Å². The maximum absolute atomic E-state index is 12.4. The van der Waals surface area contributed by atoms with Gasteiger partial charge in [-0.3, -0.25) is 4.79 Å². The zero-order valence-corrected chi connectivity index (χ0v) is 15.2. The molecule has 25 heavy (non-hydrogen) atoms. The van der Waals surface area contributed by atoms with E-state index in [0.29, 0.717) is 41.7 Å². The molecule has 0 aliphatic carbocycles. The minimum atomic E-state index is -0.219. The highest BCUT2D eigenvalue weighted by atomic mass is 16.5. The summed E-state index contributed by atoms with van der Waals surface area (Å²) in [5.41, 5.74) is 1.94. The van der Waals surface area contributed by atoms with Crippen LogP contribution in [0.3, 0.4) is 0 Å². The Morgan fingerprint density at radius 1 is 1.24 bits per heavy atom. The zero-order valence-electron chi connectivity index (χ0n) is 15.2. The number of methoxy groups -OCH3 is 2. The smallest absolute Gasteiger partial charge is 0.257 e. The monoisotopic (exact) mass is 348 g/mol. The number of amides is 1. The highest BCUT2D eigenvalue weighted by Gasteiger charge is 2.20. The molecule has 2 rings (SSSR count). The number of rotatable bonds is 8. The summed E-state index contributed by atoms with van der Waals surface area (Å²) >= 11 is 0. The summed E-state index contributed by atoms with van der Waals surface area (Å²) in [5.74, 6) is 1.52. The maximum atomic E-state index is 12.4. The van der Waals surface area contributed by atoms with Crippen LogP contribution in [0.25, 0.3) is 0 Å². The van der Waals surface area contributed by atoms with Crippen LogP contribution in [0, 0.1) is 13.8 Å². The van der Waals surface area contributed by atoms with E-state index < -0.39 is 0 Å². The molecule has 0 saturated heterocycles. The summed E-state index contributed by atoms with van der Waals surface area (Å²) < 4.78 is 21.0. The van der Waals surface area contributed by atoms with Crippen LogP contribution in [0.5, 0.6) is 11.5 Å².